The zero-order chi connectivity index (χ0) is 19.6. The monoisotopic (exact) mass is 392 g/mol. The third kappa shape index (κ3) is 3.63. The Morgan fingerprint density at radius 3 is 2.81 bits per heavy atom. The number of azide groups is 1. The Hall–Kier alpha value is -2.95. The first-order chi connectivity index (χ1) is 12.8. The lowest BCUT2D eigenvalue weighted by molar-refractivity contribution is -0.136. The van der Waals surface area contributed by atoms with Crippen LogP contribution in [0.15, 0.2) is 28.2 Å². The van der Waals surface area contributed by atoms with E-state index in [1.54, 1.807) is 0 Å². The number of carbonyl (C=O) groups is 3. The molecule has 3 rings (SSSR count). The third-order valence-electron chi connectivity index (χ3n) is 4.40. The van der Waals surface area contributed by atoms with Crippen molar-refractivity contribution in [1.29, 1.82) is 0 Å². The van der Waals surface area contributed by atoms with E-state index in [4.69, 9.17) is 5.53 Å². The Balaban J connectivity index is 1.86. The lowest BCUT2D eigenvalue weighted by Crippen LogP contribution is -2.52. The van der Waals surface area contributed by atoms with Crippen molar-refractivity contribution in [2.75, 3.05) is 13.1 Å². The number of piperidine rings is 1. The molecule has 0 radical (unpaired) electrons. The number of rotatable bonds is 6. The van der Waals surface area contributed by atoms with Crippen molar-refractivity contribution in [2.45, 2.75) is 30.3 Å². The molecule has 2 aliphatic heterocycles. The Labute approximate surface area is 154 Å². The lowest BCUT2D eigenvalue weighted by Gasteiger charge is -2.29. The van der Waals surface area contributed by atoms with Gasteiger partial charge >= 0.3 is 0 Å². The summed E-state index contributed by atoms with van der Waals surface area (Å²) in [5, 5.41) is 5.46. The molecule has 12 heteroatoms. The average molecular weight is 392 g/mol. The van der Waals surface area contributed by atoms with Gasteiger partial charge in [-0.25, -0.2) is 13.1 Å². The largest absolute Gasteiger partial charge is 0.322 e. The van der Waals surface area contributed by atoms with Gasteiger partial charge < -0.3 is 4.90 Å². The van der Waals surface area contributed by atoms with Gasteiger partial charge in [0.25, 0.3) is 5.91 Å². The number of carbonyl (C=O) groups excluding carboxylic acids is 3. The van der Waals surface area contributed by atoms with Gasteiger partial charge in [-0.05, 0) is 24.1 Å². The minimum atomic E-state index is -3.93. The number of nitrogens with zero attached hydrogens (tertiary/aromatic N) is 4. The highest BCUT2D eigenvalue weighted by molar-refractivity contribution is 7.89. The van der Waals surface area contributed by atoms with Gasteiger partial charge in [0.15, 0.2) is 0 Å². The lowest BCUT2D eigenvalue weighted by atomic mass is 10.0. The van der Waals surface area contributed by atoms with E-state index in [9.17, 15) is 22.8 Å². The molecule has 0 saturated carbocycles. The first-order valence-electron chi connectivity index (χ1n) is 8.12. The van der Waals surface area contributed by atoms with Crippen LogP contribution in [0.4, 0.5) is 0 Å². The summed E-state index contributed by atoms with van der Waals surface area (Å²) in [6.45, 7) is -0.180. The van der Waals surface area contributed by atoms with Crippen LogP contribution < -0.4 is 10.0 Å². The van der Waals surface area contributed by atoms with Crippen molar-refractivity contribution in [3.63, 3.8) is 0 Å². The fraction of sp³-hybridized carbons (Fsp3) is 0.400. The van der Waals surface area contributed by atoms with Crippen molar-refractivity contribution in [2.24, 2.45) is 5.11 Å². The maximum Gasteiger partial charge on any atom is 0.255 e. The van der Waals surface area contributed by atoms with E-state index in [1.165, 1.54) is 23.1 Å². The normalized spacial score (nSPS) is 19.5. The van der Waals surface area contributed by atoms with Crippen LogP contribution in [-0.4, -0.2) is 50.2 Å². The molecule has 27 heavy (non-hydrogen) atoms. The van der Waals surface area contributed by atoms with Gasteiger partial charge in [-0.2, -0.15) is 0 Å². The molecule has 2 aliphatic rings. The molecule has 1 aromatic rings. The van der Waals surface area contributed by atoms with E-state index in [0.29, 0.717) is 5.56 Å². The summed E-state index contributed by atoms with van der Waals surface area (Å²) in [5.41, 5.74) is 8.74. The first kappa shape index (κ1) is 18.8. The molecular formula is C15H16N6O5S. The van der Waals surface area contributed by atoms with Gasteiger partial charge in [-0.3, -0.25) is 19.7 Å². The quantitative estimate of drug-likeness (QED) is 0.229. The van der Waals surface area contributed by atoms with E-state index in [0.717, 1.165) is 0 Å². The summed E-state index contributed by atoms with van der Waals surface area (Å²) in [6.07, 6.45) is 0.305. The molecular weight excluding hydrogens is 376 g/mol. The highest BCUT2D eigenvalue weighted by atomic mass is 32.2. The highest BCUT2D eigenvalue weighted by Crippen LogP contribution is 2.31. The molecule has 2 heterocycles. The van der Waals surface area contributed by atoms with Crippen LogP contribution >= 0.6 is 0 Å². The van der Waals surface area contributed by atoms with Crippen LogP contribution in [0.1, 0.15) is 28.8 Å². The number of amides is 3. The second-order valence-electron chi connectivity index (χ2n) is 6.03. The average Bonchev–Trinajstić information content (AvgIpc) is 2.95. The van der Waals surface area contributed by atoms with Crippen LogP contribution in [0.3, 0.4) is 0 Å². The maximum absolute atomic E-state index is 12.7. The highest BCUT2D eigenvalue weighted by Gasteiger charge is 2.40. The first-order valence-corrected chi connectivity index (χ1v) is 9.60. The molecule has 0 aromatic heterocycles. The fourth-order valence-electron chi connectivity index (χ4n) is 3.16. The molecule has 3 amide bonds. The number of sulfonamides is 1. The summed E-state index contributed by atoms with van der Waals surface area (Å²) >= 11 is 0. The topological polar surface area (TPSA) is 161 Å². The molecule has 1 saturated heterocycles. The van der Waals surface area contributed by atoms with Crippen molar-refractivity contribution in [1.82, 2.24) is 14.9 Å². The van der Waals surface area contributed by atoms with Crippen LogP contribution in [-0.2, 0) is 26.2 Å². The zero-order valence-electron chi connectivity index (χ0n) is 14.1. The van der Waals surface area contributed by atoms with E-state index < -0.39 is 33.8 Å². The molecule has 1 fully saturated rings. The molecule has 2 N–H and O–H groups in total. The summed E-state index contributed by atoms with van der Waals surface area (Å²) < 4.78 is 27.4. The molecule has 1 unspecified atom stereocenters. The Bertz CT molecular complexity index is 969. The van der Waals surface area contributed by atoms with Crippen LogP contribution in [0.5, 0.6) is 0 Å². The van der Waals surface area contributed by atoms with E-state index in [2.05, 4.69) is 20.1 Å². The predicted octanol–water partition coefficient (Wildman–Crippen LogP) is 0.0362. The summed E-state index contributed by atoms with van der Waals surface area (Å²) in [6, 6.07) is 3.50. The Morgan fingerprint density at radius 2 is 2.11 bits per heavy atom. The molecule has 142 valence electrons. The smallest absolute Gasteiger partial charge is 0.255 e. The van der Waals surface area contributed by atoms with Crippen LogP contribution in [0, 0.1) is 0 Å². The molecule has 0 aliphatic carbocycles. The fourth-order valence-corrected chi connectivity index (χ4v) is 4.43. The number of benzene rings is 1. The van der Waals surface area contributed by atoms with Gasteiger partial charge in [0.1, 0.15) is 6.04 Å². The van der Waals surface area contributed by atoms with Crippen molar-refractivity contribution in [3.8, 4) is 0 Å². The second-order valence-corrected chi connectivity index (χ2v) is 7.77. The Kier molecular flexibility index (Phi) is 5.13. The van der Waals surface area contributed by atoms with Gasteiger partial charge in [-0.1, -0.05) is 11.2 Å². The minimum Gasteiger partial charge on any atom is -0.322 e. The van der Waals surface area contributed by atoms with Crippen molar-refractivity contribution >= 4 is 27.7 Å². The molecule has 0 spiro atoms. The maximum atomic E-state index is 12.7. The molecule has 1 aromatic carbocycles. The zero-order valence-corrected chi connectivity index (χ0v) is 14.9. The van der Waals surface area contributed by atoms with E-state index in [-0.39, 0.29) is 42.9 Å². The number of hydrogen-bond acceptors (Lipinski definition) is 6. The minimum absolute atomic E-state index is 0.0477. The van der Waals surface area contributed by atoms with Crippen LogP contribution in [0.25, 0.3) is 10.4 Å². The van der Waals surface area contributed by atoms with E-state index in [1.807, 2.05) is 0 Å². The van der Waals surface area contributed by atoms with Gasteiger partial charge in [0, 0.05) is 42.1 Å². The third-order valence-corrected chi connectivity index (χ3v) is 5.94. The standard InChI is InChI=1S/C15H16N6O5S/c16-20-17-6-7-18-27(25,26)12-3-1-2-9-10(12)8-21(15(9)24)11-4-5-13(22)19-14(11)23/h1-3,11,18H,4-8H2,(H,19,22,23). The van der Waals surface area contributed by atoms with Gasteiger partial charge in [-0.15, -0.1) is 0 Å². The summed E-state index contributed by atoms with van der Waals surface area (Å²) in [7, 11) is -3.93. The number of fused-ring (bicyclic) bond motifs is 1. The van der Waals surface area contributed by atoms with Crippen LogP contribution in [0.2, 0.25) is 0 Å². The van der Waals surface area contributed by atoms with E-state index >= 15 is 0 Å². The number of nitrogens with one attached hydrogen (secondary N) is 2. The number of imide groups is 1. The number of hydrogen-bond donors (Lipinski definition) is 2. The summed E-state index contributed by atoms with van der Waals surface area (Å²) in [5.74, 6) is -1.41. The van der Waals surface area contributed by atoms with Crippen molar-refractivity contribution < 1.29 is 22.8 Å². The molecule has 1 atom stereocenters. The Morgan fingerprint density at radius 1 is 1.33 bits per heavy atom. The molecule has 11 nitrogen and oxygen atoms in total. The molecule has 0 bridgehead atoms. The predicted molar refractivity (Wildman–Crippen MR) is 91.7 cm³/mol. The SMILES string of the molecule is [N-]=[N+]=NCCNS(=O)(=O)c1cccc2c1CN(C1CCC(=O)NC1=O)C2=O. The second kappa shape index (κ2) is 7.35. The van der Waals surface area contributed by atoms with Crippen molar-refractivity contribution in [3.05, 3.63) is 39.8 Å². The van der Waals surface area contributed by atoms with Gasteiger partial charge in [0.2, 0.25) is 21.8 Å². The summed E-state index contributed by atoms with van der Waals surface area (Å²) in [4.78, 5) is 39.8. The van der Waals surface area contributed by atoms with Gasteiger partial charge in [0.05, 0.1) is 4.90 Å².